The fourth-order valence-electron chi connectivity index (χ4n) is 9.57. The van der Waals surface area contributed by atoms with E-state index in [-0.39, 0.29) is 12.5 Å². The van der Waals surface area contributed by atoms with Crippen molar-refractivity contribution in [1.29, 1.82) is 0 Å². The summed E-state index contributed by atoms with van der Waals surface area (Å²) in [5.41, 5.74) is 0. The summed E-state index contributed by atoms with van der Waals surface area (Å²) >= 11 is 0. The smallest absolute Gasteiger partial charge is 0.220 e. The first-order valence-electron chi connectivity index (χ1n) is 29.6. The molecule has 1 heterocycles. The Morgan fingerprint density at radius 3 is 1.19 bits per heavy atom. The minimum absolute atomic E-state index is 0.177. The molecule has 68 heavy (non-hydrogen) atoms. The highest BCUT2D eigenvalue weighted by molar-refractivity contribution is 5.76. The number of aliphatic hydroxyl groups excluding tert-OH is 5. The first-order chi connectivity index (χ1) is 33.3. The van der Waals surface area contributed by atoms with Gasteiger partial charge in [-0.3, -0.25) is 4.79 Å². The lowest BCUT2D eigenvalue weighted by molar-refractivity contribution is -0.302. The number of hydrogen-bond donors (Lipinski definition) is 6. The molecule has 9 nitrogen and oxygen atoms in total. The Bertz CT molecular complexity index is 1120. The number of carbonyl (C=O) groups is 1. The fourth-order valence-corrected chi connectivity index (χ4v) is 9.57. The molecule has 0 spiro atoms. The fraction of sp³-hybridized carbons (Fsp3) is 0.915. The largest absolute Gasteiger partial charge is 0.394 e. The lowest BCUT2D eigenvalue weighted by Crippen LogP contribution is -2.60. The monoisotopic (exact) mass is 964 g/mol. The molecule has 7 unspecified atom stereocenters. The highest BCUT2D eigenvalue weighted by atomic mass is 16.7. The summed E-state index contributed by atoms with van der Waals surface area (Å²) in [6, 6.07) is -0.806. The van der Waals surface area contributed by atoms with Crippen molar-refractivity contribution in [2.24, 2.45) is 0 Å². The quantitative estimate of drug-likeness (QED) is 0.0261. The molecule has 0 aliphatic carbocycles. The van der Waals surface area contributed by atoms with Crippen LogP contribution in [0.1, 0.15) is 290 Å². The molecule has 1 saturated heterocycles. The number of unbranched alkanes of at least 4 members (excludes halogenated alkanes) is 39. The van der Waals surface area contributed by atoms with Gasteiger partial charge in [0.2, 0.25) is 5.91 Å². The molecule has 1 aliphatic heterocycles. The third-order valence-electron chi connectivity index (χ3n) is 14.3. The molecule has 1 amide bonds. The van der Waals surface area contributed by atoms with Crippen molar-refractivity contribution in [3.63, 3.8) is 0 Å². The van der Waals surface area contributed by atoms with Gasteiger partial charge < -0.3 is 40.3 Å². The van der Waals surface area contributed by atoms with E-state index >= 15 is 0 Å². The number of rotatable bonds is 51. The van der Waals surface area contributed by atoms with E-state index in [0.29, 0.717) is 6.42 Å². The molecule has 0 aromatic rings. The molecule has 0 radical (unpaired) electrons. The molecular formula is C59H113NO8. The highest BCUT2D eigenvalue weighted by Crippen LogP contribution is 2.23. The van der Waals surface area contributed by atoms with Crippen LogP contribution >= 0.6 is 0 Å². The van der Waals surface area contributed by atoms with E-state index in [9.17, 15) is 30.3 Å². The third kappa shape index (κ3) is 38.4. The van der Waals surface area contributed by atoms with E-state index in [1.54, 1.807) is 6.08 Å². The van der Waals surface area contributed by atoms with Crippen molar-refractivity contribution in [2.75, 3.05) is 13.2 Å². The Kier molecular flexibility index (Phi) is 46.9. The predicted octanol–water partition coefficient (Wildman–Crippen LogP) is 14.6. The van der Waals surface area contributed by atoms with Gasteiger partial charge in [0.15, 0.2) is 6.29 Å². The number of amides is 1. The minimum Gasteiger partial charge on any atom is -0.394 e. The lowest BCUT2D eigenvalue weighted by Gasteiger charge is -2.40. The van der Waals surface area contributed by atoms with Gasteiger partial charge in [0, 0.05) is 6.42 Å². The zero-order valence-corrected chi connectivity index (χ0v) is 44.6. The van der Waals surface area contributed by atoms with Crippen LogP contribution < -0.4 is 5.32 Å². The summed E-state index contributed by atoms with van der Waals surface area (Å²) in [5.74, 6) is -0.177. The van der Waals surface area contributed by atoms with Gasteiger partial charge in [0.05, 0.1) is 25.4 Å². The Morgan fingerprint density at radius 2 is 0.824 bits per heavy atom. The minimum atomic E-state index is -1.57. The van der Waals surface area contributed by atoms with Gasteiger partial charge in [0.1, 0.15) is 24.4 Å². The molecule has 9 heteroatoms. The molecule has 0 aromatic carbocycles. The summed E-state index contributed by atoms with van der Waals surface area (Å²) in [6.45, 7) is 3.81. The zero-order chi connectivity index (χ0) is 49.4. The van der Waals surface area contributed by atoms with E-state index in [4.69, 9.17) is 9.47 Å². The van der Waals surface area contributed by atoms with Crippen molar-refractivity contribution in [3.8, 4) is 0 Å². The first kappa shape index (κ1) is 64.7. The second-order valence-electron chi connectivity index (χ2n) is 20.8. The van der Waals surface area contributed by atoms with Crippen molar-refractivity contribution >= 4 is 5.91 Å². The Labute approximate surface area is 419 Å². The van der Waals surface area contributed by atoms with Crippen LogP contribution in [0.2, 0.25) is 0 Å². The molecule has 0 aromatic heterocycles. The van der Waals surface area contributed by atoms with Crippen molar-refractivity contribution in [3.05, 3.63) is 24.3 Å². The normalized spacial score (nSPS) is 19.7. The SMILES string of the molecule is CCCCCCCCCCCC/C=C\CCCCCCCCCC(=O)NC(COC1OC(CO)C(O)C(O)C1O)C(O)/C=C/CCCCCCCCCCCCCCCCCCCCCCCC. The molecule has 1 fully saturated rings. The second kappa shape index (κ2) is 49.3. The van der Waals surface area contributed by atoms with Crippen LogP contribution in [-0.4, -0.2) is 87.5 Å². The summed E-state index contributed by atoms with van der Waals surface area (Å²) in [6.07, 6.45) is 55.3. The van der Waals surface area contributed by atoms with Gasteiger partial charge >= 0.3 is 0 Å². The number of allylic oxidation sites excluding steroid dienone is 3. The van der Waals surface area contributed by atoms with Crippen LogP contribution in [0.5, 0.6) is 0 Å². The maximum absolute atomic E-state index is 13.1. The number of nitrogens with one attached hydrogen (secondary N) is 1. The average Bonchev–Trinajstić information content (AvgIpc) is 3.34. The zero-order valence-electron chi connectivity index (χ0n) is 44.6. The summed E-state index contributed by atoms with van der Waals surface area (Å²) in [4.78, 5) is 13.1. The van der Waals surface area contributed by atoms with Crippen LogP contribution in [0.25, 0.3) is 0 Å². The van der Waals surface area contributed by atoms with Gasteiger partial charge in [-0.05, 0) is 44.9 Å². The van der Waals surface area contributed by atoms with Crippen molar-refractivity contribution in [1.82, 2.24) is 5.32 Å². The molecule has 1 rings (SSSR count). The summed E-state index contributed by atoms with van der Waals surface area (Å²) in [5, 5.41) is 54.5. The van der Waals surface area contributed by atoms with E-state index in [0.717, 1.165) is 38.5 Å². The Balaban J connectivity index is 2.22. The number of aliphatic hydroxyl groups is 5. The summed E-state index contributed by atoms with van der Waals surface area (Å²) in [7, 11) is 0. The van der Waals surface area contributed by atoms with E-state index in [1.807, 2.05) is 6.08 Å². The molecule has 0 saturated carbocycles. The number of hydrogen-bond acceptors (Lipinski definition) is 8. The van der Waals surface area contributed by atoms with Crippen LogP contribution in [0.15, 0.2) is 24.3 Å². The average molecular weight is 965 g/mol. The van der Waals surface area contributed by atoms with Gasteiger partial charge in [-0.25, -0.2) is 0 Å². The maximum Gasteiger partial charge on any atom is 0.220 e. The third-order valence-corrected chi connectivity index (χ3v) is 14.3. The van der Waals surface area contributed by atoms with Crippen LogP contribution in [0.4, 0.5) is 0 Å². The topological polar surface area (TPSA) is 149 Å². The van der Waals surface area contributed by atoms with Crippen LogP contribution in [0.3, 0.4) is 0 Å². The maximum atomic E-state index is 13.1. The highest BCUT2D eigenvalue weighted by Gasteiger charge is 2.44. The Hall–Kier alpha value is -1.33. The first-order valence-corrected chi connectivity index (χ1v) is 29.6. The van der Waals surface area contributed by atoms with Crippen molar-refractivity contribution < 1.29 is 39.8 Å². The van der Waals surface area contributed by atoms with Crippen LogP contribution in [0, 0.1) is 0 Å². The molecule has 1 aliphatic rings. The lowest BCUT2D eigenvalue weighted by atomic mass is 9.99. The predicted molar refractivity (Wildman–Crippen MR) is 286 cm³/mol. The molecule has 402 valence electrons. The molecule has 0 bridgehead atoms. The van der Waals surface area contributed by atoms with Gasteiger partial charge in [0.25, 0.3) is 0 Å². The summed E-state index contributed by atoms with van der Waals surface area (Å²) < 4.78 is 11.3. The van der Waals surface area contributed by atoms with E-state index in [2.05, 4.69) is 31.3 Å². The van der Waals surface area contributed by atoms with Crippen molar-refractivity contribution in [2.45, 2.75) is 333 Å². The van der Waals surface area contributed by atoms with E-state index in [1.165, 1.54) is 231 Å². The molecule has 7 atom stereocenters. The molecular weight excluding hydrogens is 851 g/mol. The standard InChI is InChI=1S/C59H113NO8/c1-3-5-7-9-11-13-15-17-19-21-23-25-26-27-29-30-32-34-36-38-40-42-44-46-48-53(62)52(51-67-59-58(66)57(65)56(64)54(50-61)68-59)60-55(63)49-47-45-43-41-39-37-35-33-31-28-24-22-20-18-16-14-12-10-8-6-4-2/h28,31,46,48,52-54,56-59,61-62,64-66H,3-27,29-30,32-45,47,49-51H2,1-2H3,(H,60,63)/b31-28-,48-46+. The second-order valence-corrected chi connectivity index (χ2v) is 20.8. The van der Waals surface area contributed by atoms with Gasteiger partial charge in [-0.15, -0.1) is 0 Å². The molecule has 6 N–H and O–H groups in total. The van der Waals surface area contributed by atoms with Gasteiger partial charge in [-0.1, -0.05) is 263 Å². The number of carbonyl (C=O) groups excluding carboxylic acids is 1. The van der Waals surface area contributed by atoms with E-state index < -0.39 is 49.5 Å². The number of ether oxygens (including phenoxy) is 2. The van der Waals surface area contributed by atoms with Crippen LogP contribution in [-0.2, 0) is 14.3 Å². The Morgan fingerprint density at radius 1 is 0.485 bits per heavy atom. The van der Waals surface area contributed by atoms with Gasteiger partial charge in [-0.2, -0.15) is 0 Å².